The lowest BCUT2D eigenvalue weighted by Crippen LogP contribution is -2.42. The van der Waals surface area contributed by atoms with Crippen LogP contribution >= 0.6 is 0 Å². The highest BCUT2D eigenvalue weighted by atomic mass is 16.6. The fourth-order valence-corrected chi connectivity index (χ4v) is 1.56. The molecule has 0 aliphatic rings. The second-order valence-electron chi connectivity index (χ2n) is 4.47. The summed E-state index contributed by atoms with van der Waals surface area (Å²) in [6, 6.07) is -0.123. The first-order chi connectivity index (χ1) is 8.81. The molecule has 0 saturated carbocycles. The van der Waals surface area contributed by atoms with Gasteiger partial charge in [0.2, 0.25) is 5.91 Å². The lowest BCUT2D eigenvalue weighted by Gasteiger charge is -2.25. The van der Waals surface area contributed by atoms with E-state index in [0.29, 0.717) is 0 Å². The fourth-order valence-electron chi connectivity index (χ4n) is 1.56. The molecule has 0 atom stereocenters. The van der Waals surface area contributed by atoms with Gasteiger partial charge in [0.15, 0.2) is 0 Å². The van der Waals surface area contributed by atoms with Gasteiger partial charge in [-0.2, -0.15) is 5.10 Å². The van der Waals surface area contributed by atoms with E-state index in [1.54, 1.807) is 13.8 Å². The number of hydrogen-bond donors (Lipinski definition) is 0. The van der Waals surface area contributed by atoms with Crippen LogP contribution in [0.2, 0.25) is 0 Å². The molecule has 1 amide bonds. The van der Waals surface area contributed by atoms with E-state index < -0.39 is 4.92 Å². The van der Waals surface area contributed by atoms with E-state index in [2.05, 4.69) is 5.10 Å². The van der Waals surface area contributed by atoms with Crippen LogP contribution in [0.15, 0.2) is 12.4 Å². The minimum atomic E-state index is -0.580. The van der Waals surface area contributed by atoms with Gasteiger partial charge in [-0.15, -0.1) is 0 Å². The minimum Gasteiger partial charge on any atom is -0.331 e. The Kier molecular flexibility index (Phi) is 4.74. The molecule has 0 unspecified atom stereocenters. The van der Waals surface area contributed by atoms with Crippen LogP contribution in [0.3, 0.4) is 0 Å². The number of rotatable bonds is 6. The van der Waals surface area contributed by atoms with Crippen LogP contribution in [0.5, 0.6) is 0 Å². The second-order valence-corrected chi connectivity index (χ2v) is 4.47. The van der Waals surface area contributed by atoms with E-state index in [4.69, 9.17) is 0 Å². The van der Waals surface area contributed by atoms with E-state index in [-0.39, 0.29) is 36.5 Å². The van der Waals surface area contributed by atoms with Gasteiger partial charge < -0.3 is 4.90 Å². The van der Waals surface area contributed by atoms with Gasteiger partial charge in [-0.05, 0) is 20.8 Å². The molecular weight excluding hydrogens is 252 g/mol. The molecule has 104 valence electrons. The number of amides is 1. The smallest absolute Gasteiger partial charge is 0.307 e. The predicted octanol–water partition coefficient (Wildman–Crippen LogP) is 0.617. The van der Waals surface area contributed by atoms with E-state index in [0.717, 1.165) is 6.20 Å². The topological polar surface area (TPSA) is 98.3 Å². The maximum absolute atomic E-state index is 12.0. The molecule has 0 radical (unpaired) electrons. The molecule has 0 fully saturated rings. The van der Waals surface area contributed by atoms with E-state index in [1.165, 1.54) is 22.7 Å². The fraction of sp³-hybridized carbons (Fsp3) is 0.545. The summed E-state index contributed by atoms with van der Waals surface area (Å²) in [6.45, 7) is 4.90. The maximum Gasteiger partial charge on any atom is 0.307 e. The van der Waals surface area contributed by atoms with Crippen LogP contribution < -0.4 is 0 Å². The Bertz CT molecular complexity index is 495. The third kappa shape index (κ3) is 4.16. The van der Waals surface area contributed by atoms with Crippen molar-refractivity contribution in [2.24, 2.45) is 0 Å². The molecular formula is C11H16N4O4. The van der Waals surface area contributed by atoms with Gasteiger partial charge in [-0.25, -0.2) is 0 Å². The van der Waals surface area contributed by atoms with Crippen molar-refractivity contribution < 1.29 is 14.5 Å². The molecule has 0 saturated heterocycles. The zero-order chi connectivity index (χ0) is 14.6. The third-order valence-corrected chi connectivity index (χ3v) is 2.46. The Labute approximate surface area is 110 Å². The lowest BCUT2D eigenvalue weighted by molar-refractivity contribution is -0.385. The van der Waals surface area contributed by atoms with Crippen molar-refractivity contribution >= 4 is 17.4 Å². The van der Waals surface area contributed by atoms with Crippen LogP contribution in [-0.2, 0) is 16.1 Å². The van der Waals surface area contributed by atoms with Crippen molar-refractivity contribution in [3.05, 3.63) is 22.5 Å². The first-order valence-corrected chi connectivity index (χ1v) is 5.77. The SMILES string of the molecule is CC(=O)CN(C(=O)Cn1cc([N+](=O)[O-])cn1)C(C)C. The normalized spacial score (nSPS) is 10.5. The molecule has 0 aliphatic carbocycles. The van der Waals surface area contributed by atoms with Crippen molar-refractivity contribution in [3.63, 3.8) is 0 Å². The first-order valence-electron chi connectivity index (χ1n) is 5.77. The third-order valence-electron chi connectivity index (χ3n) is 2.46. The maximum atomic E-state index is 12.0. The lowest BCUT2D eigenvalue weighted by atomic mass is 10.2. The van der Waals surface area contributed by atoms with Crippen LogP contribution in [-0.4, -0.2) is 43.9 Å². The average Bonchev–Trinajstić information content (AvgIpc) is 2.73. The summed E-state index contributed by atoms with van der Waals surface area (Å²) >= 11 is 0. The monoisotopic (exact) mass is 268 g/mol. The number of carbonyl (C=O) groups is 2. The highest BCUT2D eigenvalue weighted by Gasteiger charge is 2.20. The van der Waals surface area contributed by atoms with Crippen molar-refractivity contribution in [1.82, 2.24) is 14.7 Å². The molecule has 1 aromatic heterocycles. The molecule has 0 aliphatic heterocycles. The van der Waals surface area contributed by atoms with Crippen molar-refractivity contribution in [2.45, 2.75) is 33.4 Å². The highest BCUT2D eigenvalue weighted by molar-refractivity contribution is 5.84. The number of hydrogen-bond acceptors (Lipinski definition) is 5. The zero-order valence-electron chi connectivity index (χ0n) is 11.1. The summed E-state index contributed by atoms with van der Waals surface area (Å²) in [7, 11) is 0. The Balaban J connectivity index is 2.75. The van der Waals surface area contributed by atoms with Crippen molar-refractivity contribution in [3.8, 4) is 0 Å². The highest BCUT2D eigenvalue weighted by Crippen LogP contribution is 2.08. The van der Waals surface area contributed by atoms with Crippen LogP contribution in [0.4, 0.5) is 5.69 Å². The molecule has 8 heteroatoms. The van der Waals surface area contributed by atoms with Gasteiger partial charge in [-0.1, -0.05) is 0 Å². The van der Waals surface area contributed by atoms with Crippen LogP contribution in [0, 0.1) is 10.1 Å². The van der Waals surface area contributed by atoms with Crippen LogP contribution in [0.25, 0.3) is 0 Å². The molecule has 1 rings (SSSR count). The second kappa shape index (κ2) is 6.07. The first kappa shape index (κ1) is 14.8. The van der Waals surface area contributed by atoms with Gasteiger partial charge in [0.25, 0.3) is 0 Å². The molecule has 19 heavy (non-hydrogen) atoms. The zero-order valence-corrected chi connectivity index (χ0v) is 11.1. The molecule has 0 N–H and O–H groups in total. The number of ketones is 1. The van der Waals surface area contributed by atoms with E-state index in [1.807, 2.05) is 0 Å². The molecule has 1 heterocycles. The minimum absolute atomic E-state index is 0.0276. The quantitative estimate of drug-likeness (QED) is 0.556. The Hall–Kier alpha value is -2.25. The summed E-state index contributed by atoms with van der Waals surface area (Å²) in [5.74, 6) is -0.420. The van der Waals surface area contributed by atoms with Gasteiger partial charge >= 0.3 is 5.69 Å². The number of carbonyl (C=O) groups excluding carboxylic acids is 2. The Morgan fingerprint density at radius 1 is 1.53 bits per heavy atom. The number of aromatic nitrogens is 2. The largest absolute Gasteiger partial charge is 0.331 e. The van der Waals surface area contributed by atoms with Gasteiger partial charge in [0, 0.05) is 6.04 Å². The number of Topliss-reactive ketones (excluding diaryl/α,β-unsaturated/α-hetero) is 1. The molecule has 1 aromatic rings. The van der Waals surface area contributed by atoms with E-state index >= 15 is 0 Å². The molecule has 8 nitrogen and oxygen atoms in total. The van der Waals surface area contributed by atoms with Gasteiger partial charge in [0.05, 0.1) is 11.5 Å². The number of nitrogens with zero attached hydrogens (tertiary/aromatic N) is 4. The summed E-state index contributed by atoms with van der Waals surface area (Å²) in [4.78, 5) is 34.4. The molecule has 0 bridgehead atoms. The Morgan fingerprint density at radius 3 is 2.58 bits per heavy atom. The van der Waals surface area contributed by atoms with Gasteiger partial charge in [0.1, 0.15) is 24.7 Å². The van der Waals surface area contributed by atoms with Crippen molar-refractivity contribution in [1.29, 1.82) is 0 Å². The summed E-state index contributed by atoms with van der Waals surface area (Å²) < 4.78 is 1.19. The summed E-state index contributed by atoms with van der Waals surface area (Å²) in [5, 5.41) is 14.2. The average molecular weight is 268 g/mol. The van der Waals surface area contributed by atoms with Crippen LogP contribution in [0.1, 0.15) is 20.8 Å². The predicted molar refractivity (Wildman–Crippen MR) is 66.4 cm³/mol. The molecule has 0 aromatic carbocycles. The summed E-state index contributed by atoms with van der Waals surface area (Å²) in [6.07, 6.45) is 2.27. The van der Waals surface area contributed by atoms with Crippen molar-refractivity contribution in [2.75, 3.05) is 6.54 Å². The number of nitro groups is 1. The molecule has 0 spiro atoms. The van der Waals surface area contributed by atoms with E-state index in [9.17, 15) is 19.7 Å². The Morgan fingerprint density at radius 2 is 2.16 bits per heavy atom. The standard InChI is InChI=1S/C11H16N4O4/c1-8(2)14(5-9(3)16)11(17)7-13-6-10(4-12-13)15(18)19/h4,6,8H,5,7H2,1-3H3. The van der Waals surface area contributed by atoms with Gasteiger partial charge in [-0.3, -0.25) is 24.4 Å². The summed E-state index contributed by atoms with van der Waals surface area (Å²) in [5.41, 5.74) is -0.171.